The molecular weight excluding hydrogens is 450 g/mol. The smallest absolute Gasteiger partial charge is 0.323 e. The van der Waals surface area contributed by atoms with Crippen LogP contribution < -0.4 is 15.4 Å². The van der Waals surface area contributed by atoms with Crippen molar-refractivity contribution < 1.29 is 17.9 Å². The first kappa shape index (κ1) is 25.2. The van der Waals surface area contributed by atoms with Gasteiger partial charge < -0.3 is 15.4 Å². The number of sulfone groups is 1. The first-order valence-electron chi connectivity index (χ1n) is 11.1. The molecule has 1 heterocycles. The Morgan fingerprint density at radius 3 is 2.29 bits per heavy atom. The SMILES string of the molecule is CC(C)S(=O)(=O)Cc1ccc(NC(=O)Nc2cccnc2Oc2ccccc2C(C)(C)C)cc1. The van der Waals surface area contributed by atoms with Crippen LogP contribution in [-0.2, 0) is 21.0 Å². The molecule has 0 aliphatic carbocycles. The van der Waals surface area contributed by atoms with Crippen LogP contribution in [0.5, 0.6) is 11.6 Å². The molecule has 180 valence electrons. The fourth-order valence-corrected chi connectivity index (χ4v) is 4.21. The van der Waals surface area contributed by atoms with Crippen LogP contribution in [0.25, 0.3) is 0 Å². The maximum absolute atomic E-state index is 12.6. The summed E-state index contributed by atoms with van der Waals surface area (Å²) in [6.07, 6.45) is 1.60. The number of benzene rings is 2. The number of urea groups is 1. The van der Waals surface area contributed by atoms with Gasteiger partial charge in [-0.3, -0.25) is 0 Å². The number of ether oxygens (including phenoxy) is 1. The van der Waals surface area contributed by atoms with Crippen LogP contribution in [-0.4, -0.2) is 24.7 Å². The minimum Gasteiger partial charge on any atom is -0.437 e. The van der Waals surface area contributed by atoms with E-state index in [0.29, 0.717) is 22.7 Å². The number of anilines is 2. The summed E-state index contributed by atoms with van der Waals surface area (Å²) in [5.74, 6) is 0.913. The molecule has 0 unspecified atom stereocenters. The van der Waals surface area contributed by atoms with Gasteiger partial charge in [-0.05, 0) is 55.2 Å². The molecule has 2 aromatic carbocycles. The molecule has 8 heteroatoms. The molecule has 0 aliphatic rings. The van der Waals surface area contributed by atoms with Gasteiger partial charge in [0, 0.05) is 17.4 Å². The number of carbonyl (C=O) groups is 1. The minimum atomic E-state index is -3.19. The van der Waals surface area contributed by atoms with Crippen LogP contribution >= 0.6 is 0 Å². The van der Waals surface area contributed by atoms with Crippen molar-refractivity contribution in [3.05, 3.63) is 78.0 Å². The molecule has 2 N–H and O–H groups in total. The van der Waals surface area contributed by atoms with Crippen molar-refractivity contribution in [1.82, 2.24) is 4.98 Å². The van der Waals surface area contributed by atoms with E-state index in [-0.39, 0.29) is 17.0 Å². The van der Waals surface area contributed by atoms with Crippen molar-refractivity contribution in [3.8, 4) is 11.6 Å². The molecule has 3 rings (SSSR count). The maximum atomic E-state index is 12.6. The van der Waals surface area contributed by atoms with Crippen molar-refractivity contribution in [1.29, 1.82) is 0 Å². The van der Waals surface area contributed by atoms with Crippen LogP contribution in [0.1, 0.15) is 45.7 Å². The molecule has 0 bridgehead atoms. The maximum Gasteiger partial charge on any atom is 0.323 e. The monoisotopic (exact) mass is 481 g/mol. The average Bonchev–Trinajstić information content (AvgIpc) is 2.76. The largest absolute Gasteiger partial charge is 0.437 e. The molecule has 0 saturated carbocycles. The van der Waals surface area contributed by atoms with E-state index in [0.717, 1.165) is 5.56 Å². The zero-order chi connectivity index (χ0) is 24.9. The fraction of sp³-hybridized carbons (Fsp3) is 0.308. The number of nitrogens with zero attached hydrogens (tertiary/aromatic N) is 1. The summed E-state index contributed by atoms with van der Waals surface area (Å²) < 4.78 is 30.3. The molecule has 0 spiro atoms. The predicted octanol–water partition coefficient (Wildman–Crippen LogP) is 6.14. The Hall–Kier alpha value is -3.39. The molecule has 0 radical (unpaired) electrons. The molecule has 3 aromatic rings. The summed E-state index contributed by atoms with van der Waals surface area (Å²) >= 11 is 0. The molecule has 0 aliphatic heterocycles. The van der Waals surface area contributed by atoms with E-state index < -0.39 is 21.1 Å². The van der Waals surface area contributed by atoms with Gasteiger partial charge in [0.15, 0.2) is 9.84 Å². The number of carbonyl (C=O) groups excluding carboxylic acids is 1. The van der Waals surface area contributed by atoms with Crippen molar-refractivity contribution in [3.63, 3.8) is 0 Å². The van der Waals surface area contributed by atoms with Crippen LogP contribution in [0.4, 0.5) is 16.2 Å². The average molecular weight is 482 g/mol. The summed E-state index contributed by atoms with van der Waals surface area (Å²) in [4.78, 5) is 16.9. The summed E-state index contributed by atoms with van der Waals surface area (Å²) in [5, 5.41) is 5.08. The van der Waals surface area contributed by atoms with E-state index in [2.05, 4.69) is 36.4 Å². The Morgan fingerprint density at radius 2 is 1.65 bits per heavy atom. The van der Waals surface area contributed by atoms with Crippen molar-refractivity contribution in [2.45, 2.75) is 51.0 Å². The summed E-state index contributed by atoms with van der Waals surface area (Å²) in [7, 11) is -3.19. The second kappa shape index (κ2) is 10.3. The molecule has 0 fully saturated rings. The highest BCUT2D eigenvalue weighted by Gasteiger charge is 2.20. The van der Waals surface area contributed by atoms with Crippen LogP contribution in [0, 0.1) is 0 Å². The summed E-state index contributed by atoms with van der Waals surface area (Å²) in [6.45, 7) is 9.62. The first-order chi connectivity index (χ1) is 16.0. The van der Waals surface area contributed by atoms with E-state index in [4.69, 9.17) is 4.74 Å². The lowest BCUT2D eigenvalue weighted by molar-refractivity contribution is 0.262. The van der Waals surface area contributed by atoms with E-state index in [1.807, 2.05) is 24.3 Å². The molecule has 0 saturated heterocycles. The summed E-state index contributed by atoms with van der Waals surface area (Å²) in [5.41, 5.74) is 2.52. The standard InChI is InChI=1S/C26H31N3O4S/c1-18(2)34(31,32)17-19-12-14-20(15-13-19)28-25(30)29-22-10-8-16-27-24(22)33-23-11-7-6-9-21(23)26(3,4)5/h6-16,18H,17H2,1-5H3,(H2,28,29,30). The van der Waals surface area contributed by atoms with Gasteiger partial charge in [0.2, 0.25) is 5.88 Å². The van der Waals surface area contributed by atoms with Gasteiger partial charge in [-0.15, -0.1) is 0 Å². The second-order valence-electron chi connectivity index (χ2n) is 9.34. The third-order valence-electron chi connectivity index (χ3n) is 5.22. The molecule has 2 amide bonds. The number of amides is 2. The molecule has 0 atom stereocenters. The minimum absolute atomic E-state index is 0.0381. The number of rotatable bonds is 7. The molecule has 1 aromatic heterocycles. The van der Waals surface area contributed by atoms with E-state index in [1.165, 1.54) is 0 Å². The highest BCUT2D eigenvalue weighted by molar-refractivity contribution is 7.91. The van der Waals surface area contributed by atoms with Gasteiger partial charge in [0.05, 0.1) is 11.0 Å². The third-order valence-corrected chi connectivity index (χ3v) is 7.39. The summed E-state index contributed by atoms with van der Waals surface area (Å²) in [6, 6.07) is 17.4. The van der Waals surface area contributed by atoms with Crippen molar-refractivity contribution in [2.24, 2.45) is 0 Å². The van der Waals surface area contributed by atoms with Gasteiger partial charge in [-0.1, -0.05) is 51.1 Å². The molecule has 34 heavy (non-hydrogen) atoms. The normalized spacial score (nSPS) is 11.8. The van der Waals surface area contributed by atoms with E-state index in [1.54, 1.807) is 56.4 Å². The fourth-order valence-electron chi connectivity index (χ4n) is 3.21. The lowest BCUT2D eigenvalue weighted by Gasteiger charge is -2.22. The van der Waals surface area contributed by atoms with Gasteiger partial charge in [0.25, 0.3) is 0 Å². The Kier molecular flexibility index (Phi) is 7.61. The lowest BCUT2D eigenvalue weighted by Crippen LogP contribution is -2.20. The van der Waals surface area contributed by atoms with Crippen LogP contribution in [0.15, 0.2) is 66.9 Å². The number of hydrogen-bond donors (Lipinski definition) is 2. The Morgan fingerprint density at radius 1 is 0.971 bits per heavy atom. The second-order valence-corrected chi connectivity index (χ2v) is 11.9. The Bertz CT molecular complexity index is 1250. The molecule has 7 nitrogen and oxygen atoms in total. The van der Waals surface area contributed by atoms with Gasteiger partial charge in [-0.2, -0.15) is 0 Å². The van der Waals surface area contributed by atoms with Gasteiger partial charge in [-0.25, -0.2) is 18.2 Å². The van der Waals surface area contributed by atoms with E-state index >= 15 is 0 Å². The van der Waals surface area contributed by atoms with Gasteiger partial charge >= 0.3 is 6.03 Å². The number of pyridine rings is 1. The first-order valence-corrected chi connectivity index (χ1v) is 12.8. The third kappa shape index (κ3) is 6.57. The highest BCUT2D eigenvalue weighted by atomic mass is 32.2. The quantitative estimate of drug-likeness (QED) is 0.422. The van der Waals surface area contributed by atoms with E-state index in [9.17, 15) is 13.2 Å². The zero-order valence-corrected chi connectivity index (χ0v) is 20.9. The number of aromatic nitrogens is 1. The van der Waals surface area contributed by atoms with Crippen molar-refractivity contribution >= 4 is 27.2 Å². The van der Waals surface area contributed by atoms with Crippen molar-refractivity contribution in [2.75, 3.05) is 10.6 Å². The van der Waals surface area contributed by atoms with Crippen LogP contribution in [0.3, 0.4) is 0 Å². The van der Waals surface area contributed by atoms with Crippen LogP contribution in [0.2, 0.25) is 0 Å². The Labute approximate surface area is 201 Å². The highest BCUT2D eigenvalue weighted by Crippen LogP contribution is 2.35. The Balaban J connectivity index is 1.70. The van der Waals surface area contributed by atoms with Gasteiger partial charge in [0.1, 0.15) is 11.4 Å². The lowest BCUT2D eigenvalue weighted by atomic mass is 9.86. The molecular formula is C26H31N3O4S. The number of nitrogens with one attached hydrogen (secondary N) is 2. The topological polar surface area (TPSA) is 97.4 Å². The predicted molar refractivity (Wildman–Crippen MR) is 136 cm³/mol. The zero-order valence-electron chi connectivity index (χ0n) is 20.1. The number of para-hydroxylation sites is 1. The number of hydrogen-bond acceptors (Lipinski definition) is 5.